The van der Waals surface area contributed by atoms with Crippen LogP contribution in [0.15, 0.2) is 30.3 Å². The van der Waals surface area contributed by atoms with E-state index in [0.29, 0.717) is 11.3 Å². The number of hydrogen-bond acceptors (Lipinski definition) is 0. The lowest BCUT2D eigenvalue weighted by Gasteiger charge is -2.17. The van der Waals surface area contributed by atoms with Crippen LogP contribution in [0.1, 0.15) is 38.7 Å². The van der Waals surface area contributed by atoms with Crippen LogP contribution >= 0.6 is 11.6 Å². The summed E-state index contributed by atoms with van der Waals surface area (Å²) in [5.74, 6) is 0.617. The van der Waals surface area contributed by atoms with Crippen LogP contribution in [0.4, 0.5) is 0 Å². The fraction of sp³-hybridized carbons (Fsp3) is 0.571. The van der Waals surface area contributed by atoms with E-state index in [0.717, 1.165) is 12.8 Å². The Morgan fingerprint density at radius 1 is 1.13 bits per heavy atom. The second kappa shape index (κ2) is 6.90. The Bertz CT molecular complexity index is 255. The maximum atomic E-state index is 6.30. The normalized spacial score (nSPS) is 14.9. The van der Waals surface area contributed by atoms with Crippen LogP contribution in [0, 0.1) is 5.92 Å². The summed E-state index contributed by atoms with van der Waals surface area (Å²) in [7, 11) is 0. The molecule has 0 saturated carbocycles. The first kappa shape index (κ1) is 12.6. The first-order valence-electron chi connectivity index (χ1n) is 5.92. The molecule has 0 aromatic heterocycles. The van der Waals surface area contributed by atoms with Gasteiger partial charge in [0.2, 0.25) is 0 Å². The number of halogens is 1. The third-order valence-corrected chi connectivity index (χ3v) is 3.56. The van der Waals surface area contributed by atoms with Gasteiger partial charge in [0.15, 0.2) is 0 Å². The molecule has 0 fully saturated rings. The number of hydrogen-bond donors (Lipinski definition) is 0. The van der Waals surface area contributed by atoms with Gasteiger partial charge in [0.1, 0.15) is 0 Å². The predicted molar refractivity (Wildman–Crippen MR) is 68.5 cm³/mol. The standard InChI is InChI=1S/C14H21Cl/c1-3-7-14(15)12(2)10-11-13-8-5-4-6-9-13/h4-6,8-9,12,14H,3,7,10-11H2,1-2H3. The highest BCUT2D eigenvalue weighted by atomic mass is 35.5. The summed E-state index contributed by atoms with van der Waals surface area (Å²) in [5, 5.41) is 0.346. The zero-order valence-electron chi connectivity index (χ0n) is 9.75. The van der Waals surface area contributed by atoms with Gasteiger partial charge in [-0.3, -0.25) is 0 Å². The quantitative estimate of drug-likeness (QED) is 0.617. The van der Waals surface area contributed by atoms with Gasteiger partial charge >= 0.3 is 0 Å². The Labute approximate surface area is 98.7 Å². The summed E-state index contributed by atoms with van der Waals surface area (Å²) in [6, 6.07) is 10.6. The fourth-order valence-corrected chi connectivity index (χ4v) is 2.12. The molecule has 2 unspecified atom stereocenters. The van der Waals surface area contributed by atoms with E-state index in [2.05, 4.69) is 44.2 Å². The van der Waals surface area contributed by atoms with Crippen molar-refractivity contribution in [3.63, 3.8) is 0 Å². The van der Waals surface area contributed by atoms with E-state index in [1.54, 1.807) is 0 Å². The molecule has 0 bridgehead atoms. The van der Waals surface area contributed by atoms with Gasteiger partial charge < -0.3 is 0 Å². The zero-order chi connectivity index (χ0) is 11.1. The van der Waals surface area contributed by atoms with Crippen molar-refractivity contribution in [1.82, 2.24) is 0 Å². The Hall–Kier alpha value is -0.490. The summed E-state index contributed by atoms with van der Waals surface area (Å²) in [5.41, 5.74) is 1.42. The van der Waals surface area contributed by atoms with Gasteiger partial charge in [0.25, 0.3) is 0 Å². The van der Waals surface area contributed by atoms with Crippen molar-refractivity contribution in [3.8, 4) is 0 Å². The number of benzene rings is 1. The van der Waals surface area contributed by atoms with Crippen LogP contribution in [0.25, 0.3) is 0 Å². The van der Waals surface area contributed by atoms with Crippen LogP contribution in [-0.2, 0) is 6.42 Å². The lowest BCUT2D eigenvalue weighted by atomic mass is 9.96. The highest BCUT2D eigenvalue weighted by Gasteiger charge is 2.12. The highest BCUT2D eigenvalue weighted by Crippen LogP contribution is 2.21. The molecule has 0 spiro atoms. The van der Waals surface area contributed by atoms with E-state index in [1.807, 2.05) is 0 Å². The molecule has 1 aromatic rings. The van der Waals surface area contributed by atoms with Gasteiger partial charge in [-0.05, 0) is 30.7 Å². The second-order valence-electron chi connectivity index (χ2n) is 4.31. The smallest absolute Gasteiger partial charge is 0.0361 e. The van der Waals surface area contributed by atoms with Crippen molar-refractivity contribution in [1.29, 1.82) is 0 Å². The minimum atomic E-state index is 0.346. The maximum absolute atomic E-state index is 6.30. The topological polar surface area (TPSA) is 0 Å². The van der Waals surface area contributed by atoms with Gasteiger partial charge in [0, 0.05) is 5.38 Å². The molecule has 15 heavy (non-hydrogen) atoms. The van der Waals surface area contributed by atoms with Crippen LogP contribution in [-0.4, -0.2) is 5.38 Å². The molecule has 0 nitrogen and oxygen atoms in total. The summed E-state index contributed by atoms with van der Waals surface area (Å²) < 4.78 is 0. The van der Waals surface area contributed by atoms with Crippen molar-refractivity contribution < 1.29 is 0 Å². The molecule has 0 aliphatic carbocycles. The van der Waals surface area contributed by atoms with Crippen molar-refractivity contribution in [2.75, 3.05) is 0 Å². The third-order valence-electron chi connectivity index (χ3n) is 2.91. The summed E-state index contributed by atoms with van der Waals surface area (Å²) in [4.78, 5) is 0. The van der Waals surface area contributed by atoms with Crippen molar-refractivity contribution in [2.24, 2.45) is 5.92 Å². The zero-order valence-corrected chi connectivity index (χ0v) is 10.5. The average Bonchev–Trinajstić information content (AvgIpc) is 2.27. The highest BCUT2D eigenvalue weighted by molar-refractivity contribution is 6.20. The lowest BCUT2D eigenvalue weighted by molar-refractivity contribution is 0.480. The van der Waals surface area contributed by atoms with Crippen molar-refractivity contribution in [2.45, 2.75) is 44.9 Å². The first-order chi connectivity index (χ1) is 7.24. The second-order valence-corrected chi connectivity index (χ2v) is 4.87. The molecule has 1 heteroatoms. The molecular weight excluding hydrogens is 204 g/mol. The van der Waals surface area contributed by atoms with Gasteiger partial charge in [-0.2, -0.15) is 0 Å². The molecule has 0 heterocycles. The van der Waals surface area contributed by atoms with Crippen LogP contribution in [0.2, 0.25) is 0 Å². The van der Waals surface area contributed by atoms with Crippen LogP contribution in [0.3, 0.4) is 0 Å². The molecule has 0 radical (unpaired) electrons. The molecule has 0 amide bonds. The first-order valence-corrected chi connectivity index (χ1v) is 6.35. The minimum Gasteiger partial charge on any atom is -0.123 e. The molecule has 0 aliphatic heterocycles. The van der Waals surface area contributed by atoms with Gasteiger partial charge in [0.05, 0.1) is 0 Å². The third kappa shape index (κ3) is 4.70. The fourth-order valence-electron chi connectivity index (χ4n) is 1.78. The predicted octanol–water partition coefficient (Wildman–Crippen LogP) is 4.66. The Morgan fingerprint density at radius 3 is 2.40 bits per heavy atom. The van der Waals surface area contributed by atoms with E-state index in [4.69, 9.17) is 11.6 Å². The monoisotopic (exact) mass is 224 g/mol. The number of aryl methyl sites for hydroxylation is 1. The average molecular weight is 225 g/mol. The van der Waals surface area contributed by atoms with Gasteiger partial charge in [-0.25, -0.2) is 0 Å². The largest absolute Gasteiger partial charge is 0.123 e. The van der Waals surface area contributed by atoms with E-state index in [1.165, 1.54) is 18.4 Å². The molecular formula is C14H21Cl. The molecule has 84 valence electrons. The van der Waals surface area contributed by atoms with Gasteiger partial charge in [-0.15, -0.1) is 11.6 Å². The Morgan fingerprint density at radius 2 is 1.80 bits per heavy atom. The summed E-state index contributed by atoms with van der Waals surface area (Å²) in [6.07, 6.45) is 4.66. The van der Waals surface area contributed by atoms with Crippen molar-refractivity contribution >= 4 is 11.6 Å². The van der Waals surface area contributed by atoms with E-state index in [9.17, 15) is 0 Å². The van der Waals surface area contributed by atoms with Crippen LogP contribution < -0.4 is 0 Å². The molecule has 0 aliphatic rings. The molecule has 1 aromatic carbocycles. The molecule has 0 N–H and O–H groups in total. The molecule has 0 saturated heterocycles. The van der Waals surface area contributed by atoms with Gasteiger partial charge in [-0.1, -0.05) is 50.6 Å². The summed E-state index contributed by atoms with van der Waals surface area (Å²) >= 11 is 6.30. The minimum absolute atomic E-state index is 0.346. The molecule has 1 rings (SSSR count). The van der Waals surface area contributed by atoms with Crippen molar-refractivity contribution in [3.05, 3.63) is 35.9 Å². The lowest BCUT2D eigenvalue weighted by Crippen LogP contribution is -2.12. The summed E-state index contributed by atoms with van der Waals surface area (Å²) in [6.45, 7) is 4.45. The van der Waals surface area contributed by atoms with E-state index >= 15 is 0 Å². The maximum Gasteiger partial charge on any atom is 0.0361 e. The van der Waals surface area contributed by atoms with E-state index < -0.39 is 0 Å². The number of alkyl halides is 1. The van der Waals surface area contributed by atoms with Crippen LogP contribution in [0.5, 0.6) is 0 Å². The SMILES string of the molecule is CCCC(Cl)C(C)CCc1ccccc1. The number of rotatable bonds is 6. The Balaban J connectivity index is 2.31. The Kier molecular flexibility index (Phi) is 5.78. The molecule has 2 atom stereocenters. The van der Waals surface area contributed by atoms with E-state index in [-0.39, 0.29) is 0 Å².